The zero-order chi connectivity index (χ0) is 23.3. The van der Waals surface area contributed by atoms with Crippen LogP contribution < -0.4 is 14.8 Å². The first-order valence-corrected chi connectivity index (χ1v) is 11.7. The van der Waals surface area contributed by atoms with Gasteiger partial charge >= 0.3 is 0 Å². The number of ether oxygens (including phenoxy) is 2. The van der Waals surface area contributed by atoms with Gasteiger partial charge in [0.25, 0.3) is 5.91 Å². The second kappa shape index (κ2) is 10.5. The number of aryl methyl sites for hydroxylation is 1. The van der Waals surface area contributed by atoms with E-state index in [-0.39, 0.29) is 11.7 Å². The minimum Gasteiger partial charge on any atom is -0.490 e. The second-order valence-electron chi connectivity index (χ2n) is 7.58. The summed E-state index contributed by atoms with van der Waals surface area (Å²) in [5.41, 5.74) is 1.96. The molecule has 0 radical (unpaired) electrons. The van der Waals surface area contributed by atoms with Gasteiger partial charge in [0.15, 0.2) is 11.5 Å². The van der Waals surface area contributed by atoms with Crippen LogP contribution in [0.4, 0.5) is 5.00 Å². The molecule has 0 unspecified atom stereocenters. The first-order chi connectivity index (χ1) is 15.4. The normalized spacial score (nSPS) is 13.2. The van der Waals surface area contributed by atoms with Crippen LogP contribution in [0.1, 0.15) is 55.2 Å². The van der Waals surface area contributed by atoms with E-state index < -0.39 is 5.91 Å². The van der Waals surface area contributed by atoms with E-state index in [4.69, 9.17) is 21.1 Å². The molecule has 1 aromatic carbocycles. The molecule has 2 aromatic rings. The van der Waals surface area contributed by atoms with E-state index in [1.165, 1.54) is 17.4 Å². The highest BCUT2D eigenvalue weighted by atomic mass is 35.5. The molecule has 0 saturated heterocycles. The number of nitriles is 2. The van der Waals surface area contributed by atoms with Crippen molar-refractivity contribution >= 4 is 39.9 Å². The van der Waals surface area contributed by atoms with Crippen molar-refractivity contribution in [3.05, 3.63) is 44.3 Å². The summed E-state index contributed by atoms with van der Waals surface area (Å²) in [5.74, 6) is 0.293. The number of nitrogens with zero attached hydrogens (tertiary/aromatic N) is 2. The Hall–Kier alpha value is -3.00. The number of hydrogen-bond donors (Lipinski definition) is 1. The Bertz CT molecular complexity index is 1140. The zero-order valence-corrected chi connectivity index (χ0v) is 19.8. The standard InChI is InChI=1S/C24H24ClN3O3S/c1-4-30-20-11-15(10-19(25)22(20)31-14(2)3)9-16(12-26)23(29)28-24-18(13-27)17-7-5-6-8-21(17)32-24/h9-11,14H,4-8H2,1-3H3,(H,28,29)/b16-9+. The van der Waals surface area contributed by atoms with Crippen LogP contribution in [0, 0.1) is 22.7 Å². The van der Waals surface area contributed by atoms with Gasteiger partial charge in [-0.2, -0.15) is 10.5 Å². The molecule has 0 saturated carbocycles. The molecule has 1 aromatic heterocycles. The van der Waals surface area contributed by atoms with Crippen molar-refractivity contribution in [1.82, 2.24) is 0 Å². The maximum atomic E-state index is 12.8. The SMILES string of the molecule is CCOc1cc(/C=C(\C#N)C(=O)Nc2sc3c(c2C#N)CCCC3)cc(Cl)c1OC(C)C. The number of anilines is 1. The van der Waals surface area contributed by atoms with Gasteiger partial charge in [-0.25, -0.2) is 0 Å². The Balaban J connectivity index is 1.91. The molecule has 0 fully saturated rings. The number of carbonyl (C=O) groups is 1. The van der Waals surface area contributed by atoms with E-state index in [0.29, 0.717) is 39.3 Å². The number of amides is 1. The van der Waals surface area contributed by atoms with E-state index in [9.17, 15) is 15.3 Å². The van der Waals surface area contributed by atoms with Crippen LogP contribution in [0.3, 0.4) is 0 Å². The fourth-order valence-electron chi connectivity index (χ4n) is 3.54. The van der Waals surface area contributed by atoms with E-state index in [1.54, 1.807) is 12.1 Å². The van der Waals surface area contributed by atoms with Crippen LogP contribution in [0.5, 0.6) is 11.5 Å². The molecule has 8 heteroatoms. The third-order valence-corrected chi connectivity index (χ3v) is 6.36. The summed E-state index contributed by atoms with van der Waals surface area (Å²) in [6, 6.07) is 7.46. The van der Waals surface area contributed by atoms with Crippen LogP contribution in [-0.2, 0) is 17.6 Å². The zero-order valence-electron chi connectivity index (χ0n) is 18.3. The Morgan fingerprint density at radius 3 is 2.72 bits per heavy atom. The number of benzene rings is 1. The van der Waals surface area contributed by atoms with E-state index in [2.05, 4.69) is 11.4 Å². The lowest BCUT2D eigenvalue weighted by Crippen LogP contribution is -2.13. The average molecular weight is 470 g/mol. The van der Waals surface area contributed by atoms with Crippen LogP contribution >= 0.6 is 22.9 Å². The molecule has 0 spiro atoms. The quantitative estimate of drug-likeness (QED) is 0.403. The third kappa shape index (κ3) is 5.24. The van der Waals surface area contributed by atoms with E-state index >= 15 is 0 Å². The second-order valence-corrected chi connectivity index (χ2v) is 9.09. The largest absolute Gasteiger partial charge is 0.490 e. The third-order valence-electron chi connectivity index (χ3n) is 4.87. The number of halogens is 1. The van der Waals surface area contributed by atoms with Crippen molar-refractivity contribution in [2.75, 3.05) is 11.9 Å². The molecular weight excluding hydrogens is 446 g/mol. The molecule has 1 N–H and O–H groups in total. The van der Waals surface area contributed by atoms with Crippen LogP contribution in [0.25, 0.3) is 6.08 Å². The van der Waals surface area contributed by atoms with Gasteiger partial charge in [-0.3, -0.25) is 4.79 Å². The van der Waals surface area contributed by atoms with Crippen molar-refractivity contribution in [3.8, 4) is 23.6 Å². The van der Waals surface area contributed by atoms with Gasteiger partial charge in [0.05, 0.1) is 23.3 Å². The highest BCUT2D eigenvalue weighted by Gasteiger charge is 2.23. The number of rotatable bonds is 7. The topological polar surface area (TPSA) is 95.1 Å². The number of fused-ring (bicyclic) bond motifs is 1. The van der Waals surface area contributed by atoms with Crippen molar-refractivity contribution in [2.24, 2.45) is 0 Å². The number of nitrogens with one attached hydrogen (secondary N) is 1. The smallest absolute Gasteiger partial charge is 0.266 e. The van der Waals surface area contributed by atoms with Gasteiger partial charge in [0.1, 0.15) is 22.7 Å². The van der Waals surface area contributed by atoms with Gasteiger partial charge in [0, 0.05) is 4.88 Å². The molecule has 0 bridgehead atoms. The molecular formula is C24H24ClN3O3S. The van der Waals surface area contributed by atoms with Gasteiger partial charge < -0.3 is 14.8 Å². The summed E-state index contributed by atoms with van der Waals surface area (Å²) in [7, 11) is 0. The molecule has 1 heterocycles. The van der Waals surface area contributed by atoms with Crippen molar-refractivity contribution < 1.29 is 14.3 Å². The molecule has 1 amide bonds. The van der Waals surface area contributed by atoms with Crippen LogP contribution in [0.2, 0.25) is 5.02 Å². The average Bonchev–Trinajstić information content (AvgIpc) is 3.11. The molecule has 1 aliphatic carbocycles. The summed E-state index contributed by atoms with van der Waals surface area (Å²) < 4.78 is 11.4. The van der Waals surface area contributed by atoms with E-state index in [0.717, 1.165) is 36.1 Å². The van der Waals surface area contributed by atoms with Crippen LogP contribution in [0.15, 0.2) is 17.7 Å². The molecule has 6 nitrogen and oxygen atoms in total. The first-order valence-electron chi connectivity index (χ1n) is 10.5. The Labute approximate surface area is 197 Å². The number of hydrogen-bond acceptors (Lipinski definition) is 6. The lowest BCUT2D eigenvalue weighted by Gasteiger charge is -2.16. The summed E-state index contributed by atoms with van der Waals surface area (Å²) in [6.45, 7) is 6.02. The highest BCUT2D eigenvalue weighted by Crippen LogP contribution is 2.39. The van der Waals surface area contributed by atoms with Gasteiger partial charge in [-0.05, 0) is 75.8 Å². The van der Waals surface area contributed by atoms with Crippen molar-refractivity contribution in [2.45, 2.75) is 52.6 Å². The Morgan fingerprint density at radius 2 is 2.06 bits per heavy atom. The van der Waals surface area contributed by atoms with Gasteiger partial charge in [-0.15, -0.1) is 11.3 Å². The van der Waals surface area contributed by atoms with E-state index in [1.807, 2.05) is 26.8 Å². The monoisotopic (exact) mass is 469 g/mol. The minimum atomic E-state index is -0.570. The van der Waals surface area contributed by atoms with Gasteiger partial charge in [-0.1, -0.05) is 11.6 Å². The summed E-state index contributed by atoms with van der Waals surface area (Å²) in [4.78, 5) is 14.0. The molecule has 32 heavy (non-hydrogen) atoms. The van der Waals surface area contributed by atoms with Crippen molar-refractivity contribution in [1.29, 1.82) is 10.5 Å². The fourth-order valence-corrected chi connectivity index (χ4v) is 5.04. The van der Waals surface area contributed by atoms with Crippen LogP contribution in [-0.4, -0.2) is 18.6 Å². The van der Waals surface area contributed by atoms with Gasteiger partial charge in [0.2, 0.25) is 0 Å². The molecule has 0 atom stereocenters. The molecule has 166 valence electrons. The molecule has 3 rings (SSSR count). The maximum Gasteiger partial charge on any atom is 0.266 e. The summed E-state index contributed by atoms with van der Waals surface area (Å²) >= 11 is 7.82. The number of carbonyl (C=O) groups excluding carboxylic acids is 1. The maximum absolute atomic E-state index is 12.8. The Morgan fingerprint density at radius 1 is 1.31 bits per heavy atom. The molecule has 0 aliphatic heterocycles. The van der Waals surface area contributed by atoms with Crippen molar-refractivity contribution in [3.63, 3.8) is 0 Å². The predicted octanol–water partition coefficient (Wildman–Crippen LogP) is 5.88. The summed E-state index contributed by atoms with van der Waals surface area (Å²) in [6.07, 6.45) is 5.22. The number of thiophene rings is 1. The first kappa shape index (κ1) is 23.7. The predicted molar refractivity (Wildman–Crippen MR) is 126 cm³/mol. The Kier molecular flexibility index (Phi) is 7.80. The minimum absolute atomic E-state index is 0.0977. The lowest BCUT2D eigenvalue weighted by molar-refractivity contribution is -0.112. The summed E-state index contributed by atoms with van der Waals surface area (Å²) in [5, 5.41) is 22.8. The fraction of sp³-hybridized carbons (Fsp3) is 0.375. The highest BCUT2D eigenvalue weighted by molar-refractivity contribution is 7.16. The molecule has 1 aliphatic rings. The lowest BCUT2D eigenvalue weighted by atomic mass is 9.96.